The average molecular weight is 259 g/mol. The van der Waals surface area contributed by atoms with Crippen molar-refractivity contribution in [1.29, 1.82) is 0 Å². The molecular weight excluding hydrogens is 238 g/mol. The average Bonchev–Trinajstić information content (AvgIpc) is 2.46. The zero-order chi connectivity index (χ0) is 13.7. The molecule has 0 saturated carbocycles. The Bertz CT molecular complexity index is 524. The fourth-order valence-electron chi connectivity index (χ4n) is 2.41. The normalized spacial score (nSPS) is 14.5. The lowest BCUT2D eigenvalue weighted by atomic mass is 9.91. The first kappa shape index (κ1) is 13.9. The zero-order valence-electron chi connectivity index (χ0n) is 11.5. The van der Waals surface area contributed by atoms with Crippen molar-refractivity contribution >= 4 is 10.9 Å². The standard InChI is InChI=1S/C15H21N3O/c1-11(8-10-19-2)14(18-16)13-7-3-5-12-6-4-9-17-15(12)13/h3-7,9,11,14,18H,8,10,16H2,1-2H3. The largest absolute Gasteiger partial charge is 0.385 e. The van der Waals surface area contributed by atoms with Crippen LogP contribution in [0.3, 0.4) is 0 Å². The second-order valence-electron chi connectivity index (χ2n) is 4.83. The molecule has 2 atom stereocenters. The predicted molar refractivity (Wildman–Crippen MR) is 77.5 cm³/mol. The number of methoxy groups -OCH3 is 1. The zero-order valence-corrected chi connectivity index (χ0v) is 11.5. The van der Waals surface area contributed by atoms with E-state index >= 15 is 0 Å². The molecule has 1 aromatic heterocycles. The molecule has 0 radical (unpaired) electrons. The van der Waals surface area contributed by atoms with E-state index in [-0.39, 0.29) is 6.04 Å². The number of hydrazine groups is 1. The molecule has 0 saturated heterocycles. The lowest BCUT2D eigenvalue weighted by molar-refractivity contribution is 0.170. The molecule has 0 aliphatic rings. The first-order chi connectivity index (χ1) is 9.27. The van der Waals surface area contributed by atoms with Gasteiger partial charge in [0.25, 0.3) is 0 Å². The summed E-state index contributed by atoms with van der Waals surface area (Å²) >= 11 is 0. The van der Waals surface area contributed by atoms with Crippen LogP contribution >= 0.6 is 0 Å². The Morgan fingerprint density at radius 3 is 2.84 bits per heavy atom. The van der Waals surface area contributed by atoms with E-state index in [0.29, 0.717) is 5.92 Å². The van der Waals surface area contributed by atoms with E-state index in [1.807, 2.05) is 18.3 Å². The van der Waals surface area contributed by atoms with E-state index in [0.717, 1.165) is 29.5 Å². The summed E-state index contributed by atoms with van der Waals surface area (Å²) in [5.41, 5.74) is 5.08. The van der Waals surface area contributed by atoms with E-state index < -0.39 is 0 Å². The van der Waals surface area contributed by atoms with Gasteiger partial charge in [0.1, 0.15) is 0 Å². The van der Waals surface area contributed by atoms with Crippen LogP contribution in [0.15, 0.2) is 36.5 Å². The Hall–Kier alpha value is -1.49. The number of rotatable bonds is 6. The first-order valence-electron chi connectivity index (χ1n) is 6.56. The fraction of sp³-hybridized carbons (Fsp3) is 0.400. The molecule has 3 N–H and O–H groups in total. The Morgan fingerprint density at radius 1 is 1.32 bits per heavy atom. The van der Waals surface area contributed by atoms with Gasteiger partial charge < -0.3 is 4.74 Å². The van der Waals surface area contributed by atoms with Gasteiger partial charge in [-0.2, -0.15) is 0 Å². The van der Waals surface area contributed by atoms with Crippen LogP contribution < -0.4 is 11.3 Å². The molecule has 0 aliphatic heterocycles. The van der Waals surface area contributed by atoms with Gasteiger partial charge in [-0.25, -0.2) is 0 Å². The molecule has 0 amide bonds. The summed E-state index contributed by atoms with van der Waals surface area (Å²) in [5, 5.41) is 1.14. The summed E-state index contributed by atoms with van der Waals surface area (Å²) in [6.07, 6.45) is 2.77. The highest BCUT2D eigenvalue weighted by atomic mass is 16.5. The summed E-state index contributed by atoms with van der Waals surface area (Å²) in [4.78, 5) is 4.49. The van der Waals surface area contributed by atoms with Crippen LogP contribution in [0, 0.1) is 5.92 Å². The summed E-state index contributed by atoms with van der Waals surface area (Å²) in [7, 11) is 1.72. The molecule has 2 aromatic rings. The Morgan fingerprint density at radius 2 is 2.11 bits per heavy atom. The minimum atomic E-state index is 0.0775. The number of hydrogen-bond donors (Lipinski definition) is 2. The Labute approximate surface area is 113 Å². The highest BCUT2D eigenvalue weighted by Gasteiger charge is 2.20. The lowest BCUT2D eigenvalue weighted by Gasteiger charge is -2.24. The molecular formula is C15H21N3O. The van der Waals surface area contributed by atoms with Crippen LogP contribution in [0.25, 0.3) is 10.9 Å². The van der Waals surface area contributed by atoms with Crippen molar-refractivity contribution < 1.29 is 4.74 Å². The minimum absolute atomic E-state index is 0.0775. The molecule has 4 nitrogen and oxygen atoms in total. The molecule has 0 fully saturated rings. The van der Waals surface area contributed by atoms with E-state index in [2.05, 4.69) is 35.5 Å². The van der Waals surface area contributed by atoms with Crippen LogP contribution in [0.1, 0.15) is 24.9 Å². The van der Waals surface area contributed by atoms with Gasteiger partial charge in [0.2, 0.25) is 0 Å². The maximum atomic E-state index is 5.75. The van der Waals surface area contributed by atoms with Crippen LogP contribution in [-0.2, 0) is 4.74 Å². The van der Waals surface area contributed by atoms with E-state index in [9.17, 15) is 0 Å². The van der Waals surface area contributed by atoms with Gasteiger partial charge in [-0.05, 0) is 24.0 Å². The molecule has 0 bridgehead atoms. The highest BCUT2D eigenvalue weighted by Crippen LogP contribution is 2.28. The molecule has 2 rings (SSSR count). The molecule has 1 aromatic carbocycles. The van der Waals surface area contributed by atoms with Gasteiger partial charge in [0, 0.05) is 25.3 Å². The molecule has 4 heteroatoms. The summed E-state index contributed by atoms with van der Waals surface area (Å²) in [6.45, 7) is 2.91. The SMILES string of the molecule is COCCC(C)C(NN)c1cccc2cccnc12. The van der Waals surface area contributed by atoms with Crippen molar-refractivity contribution in [1.82, 2.24) is 10.4 Å². The van der Waals surface area contributed by atoms with E-state index in [1.54, 1.807) is 7.11 Å². The van der Waals surface area contributed by atoms with Crippen molar-refractivity contribution in [3.63, 3.8) is 0 Å². The highest BCUT2D eigenvalue weighted by molar-refractivity contribution is 5.82. The number of nitrogens with two attached hydrogens (primary N) is 1. The smallest absolute Gasteiger partial charge is 0.0750 e. The van der Waals surface area contributed by atoms with Gasteiger partial charge in [-0.3, -0.25) is 16.3 Å². The number of pyridine rings is 1. The lowest BCUT2D eigenvalue weighted by Crippen LogP contribution is -2.33. The number of hydrogen-bond acceptors (Lipinski definition) is 4. The molecule has 102 valence electrons. The predicted octanol–water partition coefficient (Wildman–Crippen LogP) is 2.41. The molecule has 0 aliphatic carbocycles. The van der Waals surface area contributed by atoms with Crippen molar-refractivity contribution in [2.24, 2.45) is 11.8 Å². The number of benzene rings is 1. The third-order valence-electron chi connectivity index (χ3n) is 3.52. The number of ether oxygens (including phenoxy) is 1. The quantitative estimate of drug-likeness (QED) is 0.618. The van der Waals surface area contributed by atoms with Gasteiger partial charge in [-0.15, -0.1) is 0 Å². The van der Waals surface area contributed by atoms with Gasteiger partial charge in [0.15, 0.2) is 0 Å². The Balaban J connectivity index is 2.35. The monoisotopic (exact) mass is 259 g/mol. The number of nitrogens with zero attached hydrogens (tertiary/aromatic N) is 1. The van der Waals surface area contributed by atoms with E-state index in [1.165, 1.54) is 0 Å². The Kier molecular flexibility index (Phi) is 4.85. The number of fused-ring (bicyclic) bond motifs is 1. The van der Waals surface area contributed by atoms with Crippen LogP contribution in [-0.4, -0.2) is 18.7 Å². The molecule has 0 spiro atoms. The second-order valence-corrected chi connectivity index (χ2v) is 4.83. The van der Waals surface area contributed by atoms with Crippen molar-refractivity contribution in [3.05, 3.63) is 42.1 Å². The van der Waals surface area contributed by atoms with Crippen molar-refractivity contribution in [2.45, 2.75) is 19.4 Å². The van der Waals surface area contributed by atoms with Crippen LogP contribution in [0.4, 0.5) is 0 Å². The van der Waals surface area contributed by atoms with Crippen LogP contribution in [0.5, 0.6) is 0 Å². The third-order valence-corrected chi connectivity index (χ3v) is 3.52. The molecule has 1 heterocycles. The number of aromatic nitrogens is 1. The number of nitrogens with one attached hydrogen (secondary N) is 1. The van der Waals surface area contributed by atoms with E-state index in [4.69, 9.17) is 10.6 Å². The topological polar surface area (TPSA) is 60.2 Å². The second kappa shape index (κ2) is 6.61. The minimum Gasteiger partial charge on any atom is -0.385 e. The van der Waals surface area contributed by atoms with Crippen molar-refractivity contribution in [2.75, 3.05) is 13.7 Å². The van der Waals surface area contributed by atoms with Crippen LogP contribution in [0.2, 0.25) is 0 Å². The molecule has 19 heavy (non-hydrogen) atoms. The van der Waals surface area contributed by atoms with Crippen molar-refractivity contribution in [3.8, 4) is 0 Å². The molecule has 2 unspecified atom stereocenters. The van der Waals surface area contributed by atoms with Gasteiger partial charge in [-0.1, -0.05) is 31.2 Å². The third kappa shape index (κ3) is 3.10. The fourth-order valence-corrected chi connectivity index (χ4v) is 2.41. The summed E-state index contributed by atoms with van der Waals surface area (Å²) in [6, 6.07) is 10.3. The van der Waals surface area contributed by atoms with Gasteiger partial charge >= 0.3 is 0 Å². The van der Waals surface area contributed by atoms with Gasteiger partial charge in [0.05, 0.1) is 11.6 Å². The maximum Gasteiger partial charge on any atom is 0.0750 e. The summed E-state index contributed by atoms with van der Waals surface area (Å²) in [5.74, 6) is 6.12. The maximum absolute atomic E-state index is 5.75. The first-order valence-corrected chi connectivity index (χ1v) is 6.56. The number of para-hydroxylation sites is 1. The summed E-state index contributed by atoms with van der Waals surface area (Å²) < 4.78 is 5.15.